The van der Waals surface area contributed by atoms with Gasteiger partial charge in [-0.2, -0.15) is 0 Å². The van der Waals surface area contributed by atoms with Gasteiger partial charge in [-0.25, -0.2) is 0 Å². The SMILES string of the molecule is Cc1cc2ccc(C3CCCCCCCC3)cc2cn1. The first-order chi connectivity index (χ1) is 9.83. The van der Waals surface area contributed by atoms with Crippen molar-refractivity contribution in [2.45, 2.75) is 64.2 Å². The van der Waals surface area contributed by atoms with E-state index in [2.05, 4.69) is 36.2 Å². The van der Waals surface area contributed by atoms with Crippen LogP contribution in [0.3, 0.4) is 0 Å². The molecule has 0 N–H and O–H groups in total. The second-order valence-electron chi connectivity index (χ2n) is 6.33. The van der Waals surface area contributed by atoms with E-state index in [0.717, 1.165) is 11.6 Å². The topological polar surface area (TPSA) is 12.9 Å². The van der Waals surface area contributed by atoms with E-state index in [1.54, 1.807) is 0 Å². The summed E-state index contributed by atoms with van der Waals surface area (Å²) in [7, 11) is 0. The number of rotatable bonds is 1. The van der Waals surface area contributed by atoms with Crippen molar-refractivity contribution in [3.63, 3.8) is 0 Å². The molecule has 0 amide bonds. The Morgan fingerprint density at radius 3 is 2.30 bits per heavy atom. The summed E-state index contributed by atoms with van der Waals surface area (Å²) in [4.78, 5) is 4.44. The Kier molecular flexibility index (Phi) is 4.34. The molecular weight excluding hydrogens is 242 g/mol. The van der Waals surface area contributed by atoms with Crippen molar-refractivity contribution in [2.24, 2.45) is 0 Å². The van der Waals surface area contributed by atoms with E-state index in [1.807, 2.05) is 6.20 Å². The van der Waals surface area contributed by atoms with Gasteiger partial charge >= 0.3 is 0 Å². The summed E-state index contributed by atoms with van der Waals surface area (Å²) in [5.74, 6) is 0.763. The number of pyridine rings is 1. The average molecular weight is 267 g/mol. The fourth-order valence-corrected chi connectivity index (χ4v) is 3.49. The largest absolute Gasteiger partial charge is 0.261 e. The highest BCUT2D eigenvalue weighted by atomic mass is 14.6. The van der Waals surface area contributed by atoms with E-state index in [9.17, 15) is 0 Å². The number of aryl methyl sites for hydroxylation is 1. The summed E-state index contributed by atoms with van der Waals surface area (Å²) in [5.41, 5.74) is 2.64. The molecule has 1 heterocycles. The minimum atomic E-state index is 0.763. The minimum absolute atomic E-state index is 0.763. The molecule has 2 aromatic rings. The number of hydrogen-bond donors (Lipinski definition) is 0. The molecule has 0 unspecified atom stereocenters. The maximum Gasteiger partial charge on any atom is 0.0379 e. The van der Waals surface area contributed by atoms with Crippen LogP contribution in [0, 0.1) is 6.92 Å². The van der Waals surface area contributed by atoms with Gasteiger partial charge in [-0.3, -0.25) is 4.98 Å². The fraction of sp³-hybridized carbons (Fsp3) is 0.526. The molecule has 20 heavy (non-hydrogen) atoms. The van der Waals surface area contributed by atoms with Gasteiger partial charge in [0, 0.05) is 17.3 Å². The molecule has 3 rings (SSSR count). The molecular formula is C19H25N. The smallest absolute Gasteiger partial charge is 0.0379 e. The minimum Gasteiger partial charge on any atom is -0.261 e. The van der Waals surface area contributed by atoms with E-state index < -0.39 is 0 Å². The third-order valence-electron chi connectivity index (χ3n) is 4.71. The second kappa shape index (κ2) is 6.39. The lowest BCUT2D eigenvalue weighted by Crippen LogP contribution is -1.99. The lowest BCUT2D eigenvalue weighted by molar-refractivity contribution is 0.540. The van der Waals surface area contributed by atoms with Gasteiger partial charge < -0.3 is 0 Å². The van der Waals surface area contributed by atoms with Gasteiger partial charge in [-0.1, -0.05) is 50.7 Å². The van der Waals surface area contributed by atoms with Crippen LogP contribution in [0.15, 0.2) is 30.5 Å². The number of aromatic nitrogens is 1. The number of benzene rings is 1. The summed E-state index contributed by atoms with van der Waals surface area (Å²) in [6.45, 7) is 2.06. The Balaban J connectivity index is 1.85. The zero-order chi connectivity index (χ0) is 13.8. The molecule has 106 valence electrons. The maximum absolute atomic E-state index is 4.44. The maximum atomic E-state index is 4.44. The lowest BCUT2D eigenvalue weighted by Gasteiger charge is -2.17. The molecule has 0 bridgehead atoms. The summed E-state index contributed by atoms with van der Waals surface area (Å²) in [6, 6.07) is 9.20. The molecule has 1 aliphatic carbocycles. The summed E-state index contributed by atoms with van der Waals surface area (Å²) in [6.07, 6.45) is 13.3. The summed E-state index contributed by atoms with van der Waals surface area (Å²) >= 11 is 0. The first-order valence-corrected chi connectivity index (χ1v) is 8.19. The van der Waals surface area contributed by atoms with Crippen molar-refractivity contribution in [1.29, 1.82) is 0 Å². The zero-order valence-electron chi connectivity index (χ0n) is 12.6. The summed E-state index contributed by atoms with van der Waals surface area (Å²) < 4.78 is 0. The predicted octanol–water partition coefficient (Wildman–Crippen LogP) is 5.76. The highest BCUT2D eigenvalue weighted by Crippen LogP contribution is 2.32. The molecule has 0 saturated heterocycles. The number of fused-ring (bicyclic) bond motifs is 1. The van der Waals surface area contributed by atoms with E-state index in [0.29, 0.717) is 0 Å². The quantitative estimate of drug-likeness (QED) is 0.640. The lowest BCUT2D eigenvalue weighted by atomic mass is 9.88. The van der Waals surface area contributed by atoms with Gasteiger partial charge in [0.25, 0.3) is 0 Å². The number of nitrogens with zero attached hydrogens (tertiary/aromatic N) is 1. The van der Waals surface area contributed by atoms with Crippen LogP contribution in [0.1, 0.15) is 68.5 Å². The van der Waals surface area contributed by atoms with Crippen molar-refractivity contribution in [1.82, 2.24) is 4.98 Å². The molecule has 0 spiro atoms. The Labute approximate surface area is 122 Å². The van der Waals surface area contributed by atoms with Crippen molar-refractivity contribution < 1.29 is 0 Å². The molecule has 1 aromatic carbocycles. The van der Waals surface area contributed by atoms with Crippen molar-refractivity contribution >= 4 is 10.8 Å². The van der Waals surface area contributed by atoms with Gasteiger partial charge in [0.2, 0.25) is 0 Å². The van der Waals surface area contributed by atoms with Gasteiger partial charge in [-0.15, -0.1) is 0 Å². The van der Waals surface area contributed by atoms with E-state index in [-0.39, 0.29) is 0 Å². The predicted molar refractivity (Wildman–Crippen MR) is 86.2 cm³/mol. The molecule has 0 atom stereocenters. The van der Waals surface area contributed by atoms with Crippen molar-refractivity contribution in [3.8, 4) is 0 Å². The van der Waals surface area contributed by atoms with Crippen LogP contribution in [0.2, 0.25) is 0 Å². The standard InChI is InChI=1S/C19H25N/c1-15-12-17-10-11-18(13-19(17)14-20-15)16-8-6-4-2-3-5-7-9-16/h10-14,16H,2-9H2,1H3. The zero-order valence-corrected chi connectivity index (χ0v) is 12.6. The van der Waals surface area contributed by atoms with Gasteiger partial charge in [0.1, 0.15) is 0 Å². The Bertz CT molecular complexity index is 563. The normalized spacial score (nSPS) is 18.4. The third-order valence-corrected chi connectivity index (χ3v) is 4.71. The van der Waals surface area contributed by atoms with Crippen LogP contribution in [-0.2, 0) is 0 Å². The Morgan fingerprint density at radius 1 is 0.850 bits per heavy atom. The monoisotopic (exact) mass is 267 g/mol. The van der Waals surface area contributed by atoms with E-state index in [4.69, 9.17) is 0 Å². The van der Waals surface area contributed by atoms with E-state index in [1.165, 1.54) is 67.7 Å². The molecule has 1 saturated carbocycles. The molecule has 1 heteroatoms. The first-order valence-electron chi connectivity index (χ1n) is 8.19. The van der Waals surface area contributed by atoms with Crippen LogP contribution in [-0.4, -0.2) is 4.98 Å². The number of hydrogen-bond acceptors (Lipinski definition) is 1. The molecule has 1 nitrogen and oxygen atoms in total. The Hall–Kier alpha value is -1.37. The van der Waals surface area contributed by atoms with Crippen LogP contribution in [0.25, 0.3) is 10.8 Å². The van der Waals surface area contributed by atoms with Gasteiger partial charge in [-0.05, 0) is 48.8 Å². The highest BCUT2D eigenvalue weighted by molar-refractivity contribution is 5.82. The van der Waals surface area contributed by atoms with Crippen molar-refractivity contribution in [2.75, 3.05) is 0 Å². The molecule has 1 fully saturated rings. The average Bonchev–Trinajstić information content (AvgIpc) is 2.60. The first kappa shape index (κ1) is 13.6. The van der Waals surface area contributed by atoms with Crippen LogP contribution in [0.5, 0.6) is 0 Å². The molecule has 1 aliphatic rings. The fourth-order valence-electron chi connectivity index (χ4n) is 3.49. The van der Waals surface area contributed by atoms with Gasteiger partial charge in [0.15, 0.2) is 0 Å². The van der Waals surface area contributed by atoms with Crippen LogP contribution in [0.4, 0.5) is 0 Å². The van der Waals surface area contributed by atoms with Crippen LogP contribution >= 0.6 is 0 Å². The van der Waals surface area contributed by atoms with Crippen LogP contribution < -0.4 is 0 Å². The van der Waals surface area contributed by atoms with Crippen molar-refractivity contribution in [3.05, 3.63) is 41.7 Å². The van der Waals surface area contributed by atoms with Gasteiger partial charge in [0.05, 0.1) is 0 Å². The summed E-state index contributed by atoms with van der Waals surface area (Å²) in [5, 5.41) is 2.62. The highest BCUT2D eigenvalue weighted by Gasteiger charge is 2.13. The third kappa shape index (κ3) is 3.20. The molecule has 1 aromatic heterocycles. The van der Waals surface area contributed by atoms with E-state index >= 15 is 0 Å². The Morgan fingerprint density at radius 2 is 1.55 bits per heavy atom. The second-order valence-corrected chi connectivity index (χ2v) is 6.33. The molecule has 0 radical (unpaired) electrons. The molecule has 0 aliphatic heterocycles.